The molecular weight excluding hydrogens is 268 g/mol. The molecule has 102 valence electrons. The van der Waals surface area contributed by atoms with E-state index in [1.807, 2.05) is 16.8 Å². The van der Waals surface area contributed by atoms with Crippen molar-refractivity contribution < 1.29 is 13.9 Å². The third-order valence-electron chi connectivity index (χ3n) is 2.83. The van der Waals surface area contributed by atoms with E-state index >= 15 is 0 Å². The van der Waals surface area contributed by atoms with Crippen LogP contribution in [0.25, 0.3) is 0 Å². The van der Waals surface area contributed by atoms with Gasteiger partial charge < -0.3 is 10.4 Å². The second-order valence-electron chi connectivity index (χ2n) is 4.25. The zero-order valence-electron chi connectivity index (χ0n) is 10.2. The summed E-state index contributed by atoms with van der Waals surface area (Å²) in [7, 11) is 0. The van der Waals surface area contributed by atoms with Gasteiger partial charge in [0, 0.05) is 18.7 Å². The maximum Gasteiger partial charge on any atom is 0.263 e. The lowest BCUT2D eigenvalue weighted by atomic mass is 10.1. The largest absolute Gasteiger partial charge is 0.387 e. The number of aliphatic hydroxyl groups excluding tert-OH is 1. The van der Waals surface area contributed by atoms with Crippen molar-refractivity contribution in [1.29, 1.82) is 0 Å². The summed E-state index contributed by atoms with van der Waals surface area (Å²) in [6.45, 7) is 0.984. The molecule has 1 atom stereocenters. The highest BCUT2D eigenvalue weighted by molar-refractivity contribution is 7.07. The van der Waals surface area contributed by atoms with Gasteiger partial charge in [-0.1, -0.05) is 24.3 Å². The van der Waals surface area contributed by atoms with E-state index in [1.54, 1.807) is 23.5 Å². The van der Waals surface area contributed by atoms with Crippen LogP contribution in [0.2, 0.25) is 0 Å². The predicted octanol–water partition coefficient (Wildman–Crippen LogP) is 3.51. The van der Waals surface area contributed by atoms with E-state index in [4.69, 9.17) is 0 Å². The molecule has 0 amide bonds. The molecule has 0 spiro atoms. The van der Waals surface area contributed by atoms with Gasteiger partial charge in [-0.3, -0.25) is 0 Å². The van der Waals surface area contributed by atoms with Crippen molar-refractivity contribution in [3.05, 3.63) is 57.8 Å². The minimum absolute atomic E-state index is 0.0297. The lowest BCUT2D eigenvalue weighted by molar-refractivity contribution is 0.151. The van der Waals surface area contributed by atoms with E-state index in [2.05, 4.69) is 5.32 Å². The molecule has 2 aromatic rings. The molecule has 0 radical (unpaired) electrons. The summed E-state index contributed by atoms with van der Waals surface area (Å²) in [4.78, 5) is 0. The number of nitrogens with one attached hydrogen (secondary N) is 1. The van der Waals surface area contributed by atoms with E-state index in [1.165, 1.54) is 12.1 Å². The Balaban J connectivity index is 1.79. The minimum atomic E-state index is -2.43. The molecule has 1 aromatic carbocycles. The number of hydrogen-bond acceptors (Lipinski definition) is 3. The van der Waals surface area contributed by atoms with Crippen LogP contribution in [-0.4, -0.2) is 11.7 Å². The topological polar surface area (TPSA) is 32.3 Å². The van der Waals surface area contributed by atoms with Crippen LogP contribution in [0, 0.1) is 0 Å². The van der Waals surface area contributed by atoms with Crippen LogP contribution in [0.1, 0.15) is 29.2 Å². The van der Waals surface area contributed by atoms with Crippen molar-refractivity contribution in [3.63, 3.8) is 0 Å². The number of thiophene rings is 1. The quantitative estimate of drug-likeness (QED) is 0.850. The Morgan fingerprint density at radius 2 is 1.84 bits per heavy atom. The van der Waals surface area contributed by atoms with Gasteiger partial charge in [-0.25, -0.2) is 8.78 Å². The smallest absolute Gasteiger partial charge is 0.263 e. The first-order chi connectivity index (χ1) is 9.16. The van der Waals surface area contributed by atoms with E-state index < -0.39 is 12.5 Å². The van der Waals surface area contributed by atoms with Gasteiger partial charge in [0.05, 0.1) is 6.10 Å². The molecular formula is C14H15F2NOS. The number of aliphatic hydroxyl groups is 1. The number of alkyl halides is 2. The minimum Gasteiger partial charge on any atom is -0.387 e. The number of halogens is 2. The van der Waals surface area contributed by atoms with Crippen LogP contribution in [0.5, 0.6) is 0 Å². The molecule has 2 rings (SSSR count). The lowest BCUT2D eigenvalue weighted by Crippen LogP contribution is -2.20. The summed E-state index contributed by atoms with van der Waals surface area (Å²) in [5.74, 6) is 0. The van der Waals surface area contributed by atoms with E-state index in [0.717, 1.165) is 11.1 Å². The molecule has 1 aromatic heterocycles. The molecule has 19 heavy (non-hydrogen) atoms. The van der Waals surface area contributed by atoms with Crippen molar-refractivity contribution >= 4 is 11.3 Å². The summed E-state index contributed by atoms with van der Waals surface area (Å²) in [5.41, 5.74) is 1.84. The van der Waals surface area contributed by atoms with Gasteiger partial charge in [-0.05, 0) is 28.0 Å². The maximum atomic E-state index is 12.4. The first kappa shape index (κ1) is 14.1. The zero-order chi connectivity index (χ0) is 13.7. The molecule has 0 saturated carbocycles. The summed E-state index contributed by atoms with van der Waals surface area (Å²) < 4.78 is 24.7. The Hall–Kier alpha value is -1.30. The number of benzene rings is 1. The number of hydrogen-bond donors (Lipinski definition) is 2. The highest BCUT2D eigenvalue weighted by atomic mass is 32.1. The molecule has 5 heteroatoms. The number of rotatable bonds is 6. The van der Waals surface area contributed by atoms with Crippen LogP contribution >= 0.6 is 11.3 Å². The monoisotopic (exact) mass is 283 g/mol. The van der Waals surface area contributed by atoms with Crippen molar-refractivity contribution in [2.45, 2.75) is 19.1 Å². The maximum absolute atomic E-state index is 12.4. The third-order valence-corrected chi connectivity index (χ3v) is 3.53. The second-order valence-corrected chi connectivity index (χ2v) is 5.03. The summed E-state index contributed by atoms with van der Waals surface area (Å²) >= 11 is 1.54. The fraction of sp³-hybridized carbons (Fsp3) is 0.286. The Bertz CT molecular complexity index is 485. The third kappa shape index (κ3) is 4.09. The van der Waals surface area contributed by atoms with Gasteiger partial charge in [0.2, 0.25) is 0 Å². The normalized spacial score (nSPS) is 12.8. The molecule has 0 aliphatic rings. The molecule has 2 nitrogen and oxygen atoms in total. The van der Waals surface area contributed by atoms with Crippen molar-refractivity contribution in [1.82, 2.24) is 5.32 Å². The Morgan fingerprint density at radius 1 is 1.11 bits per heavy atom. The van der Waals surface area contributed by atoms with Gasteiger partial charge in [0.15, 0.2) is 0 Å². The molecule has 0 saturated heterocycles. The Morgan fingerprint density at radius 3 is 2.42 bits per heavy atom. The molecule has 0 aliphatic carbocycles. The highest BCUT2D eigenvalue weighted by Crippen LogP contribution is 2.19. The fourth-order valence-corrected chi connectivity index (χ4v) is 2.42. The average Bonchev–Trinajstić information content (AvgIpc) is 2.93. The Kier molecular flexibility index (Phi) is 5.01. The van der Waals surface area contributed by atoms with Crippen LogP contribution in [-0.2, 0) is 6.54 Å². The van der Waals surface area contributed by atoms with Gasteiger partial charge in [0.25, 0.3) is 6.43 Å². The fourth-order valence-electron chi connectivity index (χ4n) is 1.72. The standard InChI is InChI=1S/C14H15F2NOS/c15-14(16)11-3-1-10(2-4-11)7-17-8-13(18)12-5-6-19-9-12/h1-6,9,13-14,17-18H,7-8H2. The second kappa shape index (κ2) is 6.75. The van der Waals surface area contributed by atoms with Crippen LogP contribution in [0.3, 0.4) is 0 Å². The average molecular weight is 283 g/mol. The van der Waals surface area contributed by atoms with E-state index in [9.17, 15) is 13.9 Å². The van der Waals surface area contributed by atoms with Gasteiger partial charge in [0.1, 0.15) is 0 Å². The van der Waals surface area contributed by atoms with Gasteiger partial charge in [-0.15, -0.1) is 0 Å². The molecule has 0 aliphatic heterocycles. The predicted molar refractivity (Wildman–Crippen MR) is 72.4 cm³/mol. The van der Waals surface area contributed by atoms with Gasteiger partial charge >= 0.3 is 0 Å². The van der Waals surface area contributed by atoms with Crippen LogP contribution < -0.4 is 5.32 Å². The van der Waals surface area contributed by atoms with Crippen molar-refractivity contribution in [2.24, 2.45) is 0 Å². The van der Waals surface area contributed by atoms with Crippen molar-refractivity contribution in [3.8, 4) is 0 Å². The summed E-state index contributed by atoms with van der Waals surface area (Å²) in [5, 5.41) is 16.8. The molecule has 1 unspecified atom stereocenters. The molecule has 0 bridgehead atoms. The highest BCUT2D eigenvalue weighted by Gasteiger charge is 2.08. The first-order valence-corrected chi connectivity index (χ1v) is 6.89. The molecule has 0 fully saturated rings. The molecule has 2 N–H and O–H groups in total. The SMILES string of the molecule is OC(CNCc1ccc(C(F)F)cc1)c1ccsc1. The summed E-state index contributed by atoms with van der Waals surface area (Å²) in [6.07, 6.45) is -2.96. The van der Waals surface area contributed by atoms with Crippen molar-refractivity contribution in [2.75, 3.05) is 6.54 Å². The van der Waals surface area contributed by atoms with E-state index in [-0.39, 0.29) is 5.56 Å². The van der Waals surface area contributed by atoms with Crippen LogP contribution in [0.4, 0.5) is 8.78 Å². The first-order valence-electron chi connectivity index (χ1n) is 5.94. The lowest BCUT2D eigenvalue weighted by Gasteiger charge is -2.10. The zero-order valence-corrected chi connectivity index (χ0v) is 11.0. The Labute approximate surface area is 114 Å². The van der Waals surface area contributed by atoms with Crippen LogP contribution in [0.15, 0.2) is 41.1 Å². The van der Waals surface area contributed by atoms with E-state index in [0.29, 0.717) is 13.1 Å². The van der Waals surface area contributed by atoms with Gasteiger partial charge in [-0.2, -0.15) is 11.3 Å². The molecule has 1 heterocycles. The summed E-state index contributed by atoms with van der Waals surface area (Å²) in [6, 6.07) is 8.08.